The molecule has 3 rings (SSSR count). The van der Waals surface area contributed by atoms with Gasteiger partial charge in [0.1, 0.15) is 0 Å². The highest BCUT2D eigenvalue weighted by Crippen LogP contribution is 2.29. The van der Waals surface area contributed by atoms with E-state index in [-0.39, 0.29) is 5.82 Å². The number of hydrogen-bond donors (Lipinski definition) is 1. The van der Waals surface area contributed by atoms with Gasteiger partial charge in [0.25, 0.3) is 0 Å². The molecule has 2 heterocycles. The SMILES string of the molecule is O=C(O)c1nc(-c2ccccc2N2CCOCC2)no1. The van der Waals surface area contributed by atoms with E-state index in [0.717, 1.165) is 24.3 Å². The summed E-state index contributed by atoms with van der Waals surface area (Å²) >= 11 is 0. The lowest BCUT2D eigenvalue weighted by Gasteiger charge is -2.30. The van der Waals surface area contributed by atoms with Crippen molar-refractivity contribution in [2.24, 2.45) is 0 Å². The Morgan fingerprint density at radius 2 is 2.00 bits per heavy atom. The predicted octanol–water partition coefficient (Wildman–Crippen LogP) is 1.27. The second-order valence-corrected chi connectivity index (χ2v) is 4.34. The first-order valence-corrected chi connectivity index (χ1v) is 6.25. The molecule has 0 unspecified atom stereocenters. The Balaban J connectivity index is 1.97. The number of para-hydroxylation sites is 1. The zero-order valence-electron chi connectivity index (χ0n) is 10.7. The third kappa shape index (κ3) is 2.35. The van der Waals surface area contributed by atoms with Crippen LogP contribution in [0.15, 0.2) is 28.8 Å². The number of benzene rings is 1. The Morgan fingerprint density at radius 1 is 1.25 bits per heavy atom. The third-order valence-corrected chi connectivity index (χ3v) is 3.11. The maximum Gasteiger partial charge on any atom is 0.394 e. The van der Waals surface area contributed by atoms with Crippen molar-refractivity contribution >= 4 is 11.7 Å². The van der Waals surface area contributed by atoms with Gasteiger partial charge in [0.2, 0.25) is 5.82 Å². The molecule has 1 aliphatic rings. The molecule has 0 saturated carbocycles. The van der Waals surface area contributed by atoms with E-state index in [4.69, 9.17) is 14.4 Å². The number of aromatic nitrogens is 2. The van der Waals surface area contributed by atoms with Crippen LogP contribution in [0.4, 0.5) is 5.69 Å². The van der Waals surface area contributed by atoms with E-state index in [0.29, 0.717) is 13.2 Å². The lowest BCUT2D eigenvalue weighted by molar-refractivity contribution is 0.0643. The van der Waals surface area contributed by atoms with Crippen molar-refractivity contribution in [2.45, 2.75) is 0 Å². The van der Waals surface area contributed by atoms with Gasteiger partial charge < -0.3 is 19.3 Å². The van der Waals surface area contributed by atoms with Crippen LogP contribution in [0.25, 0.3) is 11.4 Å². The van der Waals surface area contributed by atoms with Crippen LogP contribution >= 0.6 is 0 Å². The molecule has 0 aliphatic carbocycles. The molecule has 7 heteroatoms. The van der Waals surface area contributed by atoms with Gasteiger partial charge in [-0.15, -0.1) is 0 Å². The van der Waals surface area contributed by atoms with E-state index in [1.165, 1.54) is 0 Å². The number of hydrogen-bond acceptors (Lipinski definition) is 6. The van der Waals surface area contributed by atoms with Crippen molar-refractivity contribution in [1.29, 1.82) is 0 Å². The van der Waals surface area contributed by atoms with E-state index >= 15 is 0 Å². The largest absolute Gasteiger partial charge is 0.474 e. The van der Waals surface area contributed by atoms with Gasteiger partial charge in [-0.1, -0.05) is 17.3 Å². The van der Waals surface area contributed by atoms with Crippen molar-refractivity contribution in [2.75, 3.05) is 31.2 Å². The predicted molar refractivity (Wildman–Crippen MR) is 69.7 cm³/mol. The van der Waals surface area contributed by atoms with Gasteiger partial charge in [0.15, 0.2) is 0 Å². The van der Waals surface area contributed by atoms with Crippen LogP contribution in [0, 0.1) is 0 Å². The van der Waals surface area contributed by atoms with Gasteiger partial charge >= 0.3 is 11.9 Å². The quantitative estimate of drug-likeness (QED) is 0.902. The van der Waals surface area contributed by atoms with Gasteiger partial charge in [-0.2, -0.15) is 4.98 Å². The molecule has 2 aromatic rings. The van der Waals surface area contributed by atoms with E-state index in [1.807, 2.05) is 24.3 Å². The standard InChI is InChI=1S/C13H13N3O4/c17-13(18)12-14-11(15-20-12)9-3-1-2-4-10(9)16-5-7-19-8-6-16/h1-4H,5-8H2,(H,17,18). The summed E-state index contributed by atoms with van der Waals surface area (Å²) in [5.74, 6) is -1.35. The molecule has 0 spiro atoms. The van der Waals surface area contributed by atoms with Gasteiger partial charge in [-0.3, -0.25) is 0 Å². The number of carboxylic acid groups (broad SMARTS) is 1. The van der Waals surface area contributed by atoms with Crippen molar-refractivity contribution in [3.8, 4) is 11.4 Å². The molecule has 1 saturated heterocycles. The number of rotatable bonds is 3. The third-order valence-electron chi connectivity index (χ3n) is 3.11. The monoisotopic (exact) mass is 275 g/mol. The van der Waals surface area contributed by atoms with Gasteiger partial charge in [-0.25, -0.2) is 4.79 Å². The summed E-state index contributed by atoms with van der Waals surface area (Å²) in [4.78, 5) is 16.9. The normalized spacial score (nSPS) is 15.3. The van der Waals surface area contributed by atoms with Gasteiger partial charge in [0.05, 0.1) is 13.2 Å². The molecule has 0 atom stereocenters. The number of aromatic carboxylic acids is 1. The molecule has 1 aromatic carbocycles. The molecule has 1 aliphatic heterocycles. The minimum atomic E-state index is -1.23. The first-order valence-electron chi connectivity index (χ1n) is 6.25. The van der Waals surface area contributed by atoms with Crippen molar-refractivity contribution < 1.29 is 19.2 Å². The van der Waals surface area contributed by atoms with Crippen LogP contribution in [-0.2, 0) is 4.74 Å². The molecule has 20 heavy (non-hydrogen) atoms. The topological polar surface area (TPSA) is 88.7 Å². The number of ether oxygens (including phenoxy) is 1. The zero-order chi connectivity index (χ0) is 13.9. The van der Waals surface area contributed by atoms with Crippen LogP contribution < -0.4 is 4.90 Å². The molecular formula is C13H13N3O4. The Labute approximate surface area is 114 Å². The van der Waals surface area contributed by atoms with Crippen LogP contribution in [0.3, 0.4) is 0 Å². The molecule has 1 aromatic heterocycles. The summed E-state index contributed by atoms with van der Waals surface area (Å²) in [5.41, 5.74) is 1.71. The lowest BCUT2D eigenvalue weighted by atomic mass is 10.1. The van der Waals surface area contributed by atoms with E-state index < -0.39 is 11.9 Å². The van der Waals surface area contributed by atoms with E-state index in [9.17, 15) is 4.79 Å². The zero-order valence-corrected chi connectivity index (χ0v) is 10.7. The first-order chi connectivity index (χ1) is 9.75. The molecule has 1 fully saturated rings. The highest BCUT2D eigenvalue weighted by atomic mass is 16.5. The first kappa shape index (κ1) is 12.6. The molecule has 0 bridgehead atoms. The van der Waals surface area contributed by atoms with Crippen LogP contribution in [0.1, 0.15) is 10.7 Å². The van der Waals surface area contributed by atoms with Gasteiger partial charge in [0, 0.05) is 24.3 Å². The Kier molecular flexibility index (Phi) is 3.34. The number of nitrogens with zero attached hydrogens (tertiary/aromatic N) is 3. The van der Waals surface area contributed by atoms with Crippen LogP contribution in [0.5, 0.6) is 0 Å². The smallest absolute Gasteiger partial charge is 0.394 e. The number of morpholine rings is 1. The minimum Gasteiger partial charge on any atom is -0.474 e. The summed E-state index contributed by atoms with van der Waals surface area (Å²) in [6.45, 7) is 2.89. The lowest BCUT2D eigenvalue weighted by Crippen LogP contribution is -2.36. The van der Waals surface area contributed by atoms with E-state index in [1.54, 1.807) is 0 Å². The van der Waals surface area contributed by atoms with Gasteiger partial charge in [-0.05, 0) is 12.1 Å². The summed E-state index contributed by atoms with van der Waals surface area (Å²) in [5, 5.41) is 12.6. The summed E-state index contributed by atoms with van der Waals surface area (Å²) in [6, 6.07) is 7.58. The number of anilines is 1. The minimum absolute atomic E-state index is 0.282. The van der Waals surface area contributed by atoms with Crippen LogP contribution in [-0.4, -0.2) is 47.5 Å². The Bertz CT molecular complexity index is 620. The second kappa shape index (κ2) is 5.30. The fourth-order valence-corrected chi connectivity index (χ4v) is 2.16. The fraction of sp³-hybridized carbons (Fsp3) is 0.308. The average molecular weight is 275 g/mol. The Morgan fingerprint density at radius 3 is 2.70 bits per heavy atom. The highest BCUT2D eigenvalue weighted by Gasteiger charge is 2.20. The highest BCUT2D eigenvalue weighted by molar-refractivity contribution is 5.83. The fourth-order valence-electron chi connectivity index (χ4n) is 2.16. The number of carboxylic acids is 1. The van der Waals surface area contributed by atoms with E-state index in [2.05, 4.69) is 15.0 Å². The maximum atomic E-state index is 10.8. The summed E-state index contributed by atoms with van der Waals surface area (Å²) < 4.78 is 10.1. The number of carbonyl (C=O) groups is 1. The summed E-state index contributed by atoms with van der Waals surface area (Å²) in [7, 11) is 0. The second-order valence-electron chi connectivity index (χ2n) is 4.34. The molecule has 104 valence electrons. The van der Waals surface area contributed by atoms with Crippen molar-refractivity contribution in [3.05, 3.63) is 30.2 Å². The van der Waals surface area contributed by atoms with Crippen LogP contribution in [0.2, 0.25) is 0 Å². The molecule has 0 amide bonds. The Hall–Kier alpha value is -2.41. The molecule has 0 radical (unpaired) electrons. The summed E-state index contributed by atoms with van der Waals surface area (Å²) in [6.07, 6.45) is 0. The molecule has 7 nitrogen and oxygen atoms in total. The molecule has 1 N–H and O–H groups in total. The van der Waals surface area contributed by atoms with Crippen molar-refractivity contribution in [3.63, 3.8) is 0 Å². The average Bonchev–Trinajstić information content (AvgIpc) is 2.98. The maximum absolute atomic E-state index is 10.8. The molecular weight excluding hydrogens is 262 g/mol. The van der Waals surface area contributed by atoms with Crippen molar-refractivity contribution in [1.82, 2.24) is 10.1 Å².